The number of non-ortho nitro benzene ring substituents is 1. The Morgan fingerprint density at radius 2 is 1.73 bits per heavy atom. The van der Waals surface area contributed by atoms with Gasteiger partial charge in [0.2, 0.25) is 0 Å². The van der Waals surface area contributed by atoms with E-state index in [1.807, 2.05) is 31.2 Å². The number of aryl methyl sites for hydroxylation is 1. The normalized spacial score (nSPS) is 14.2. The van der Waals surface area contributed by atoms with Gasteiger partial charge in [0.15, 0.2) is 17.3 Å². The van der Waals surface area contributed by atoms with Gasteiger partial charge in [-0.2, -0.15) is 0 Å². The number of carbonyl (C=O) groups excluding carboxylic acids is 3. The van der Waals surface area contributed by atoms with Gasteiger partial charge in [0.05, 0.1) is 23.5 Å². The molecule has 0 radical (unpaired) electrons. The van der Waals surface area contributed by atoms with Crippen molar-refractivity contribution in [1.82, 2.24) is 4.90 Å². The standard InChI is InChI=1S/C27H22N2O7S/c1-17-3-5-18(6-4-17)16-36-23-12-7-19(13-24(23)35-2)14-25-26(31)28(27(32)37-25)15-22(30)20-8-10-21(11-9-20)29(33)34/h3-14H,15-16H2,1-2H3/b25-14+. The number of ketones is 1. The molecule has 0 N–H and O–H groups in total. The average molecular weight is 519 g/mol. The number of nitrogens with zero attached hydrogens (tertiary/aromatic N) is 2. The van der Waals surface area contributed by atoms with Crippen molar-refractivity contribution in [3.05, 3.63) is 104 Å². The summed E-state index contributed by atoms with van der Waals surface area (Å²) in [6, 6.07) is 18.1. The predicted molar refractivity (Wildman–Crippen MR) is 139 cm³/mol. The van der Waals surface area contributed by atoms with Crippen LogP contribution in [0.2, 0.25) is 0 Å². The van der Waals surface area contributed by atoms with Crippen LogP contribution in [0.25, 0.3) is 6.08 Å². The van der Waals surface area contributed by atoms with Crippen LogP contribution in [0.5, 0.6) is 11.5 Å². The summed E-state index contributed by atoms with van der Waals surface area (Å²) in [5.74, 6) is -0.102. The minimum atomic E-state index is -0.594. The van der Waals surface area contributed by atoms with Gasteiger partial charge < -0.3 is 9.47 Å². The van der Waals surface area contributed by atoms with Gasteiger partial charge in [-0.3, -0.25) is 29.4 Å². The molecule has 3 aromatic rings. The molecule has 2 amide bonds. The number of thioether (sulfide) groups is 1. The molecule has 1 heterocycles. The van der Waals surface area contributed by atoms with Gasteiger partial charge in [0, 0.05) is 17.7 Å². The molecule has 0 saturated carbocycles. The largest absolute Gasteiger partial charge is 0.493 e. The Morgan fingerprint density at radius 1 is 1.03 bits per heavy atom. The minimum absolute atomic E-state index is 0.160. The second-order valence-corrected chi connectivity index (χ2v) is 9.17. The number of methoxy groups -OCH3 is 1. The van der Waals surface area contributed by atoms with Crippen molar-refractivity contribution in [3.8, 4) is 11.5 Å². The zero-order valence-electron chi connectivity index (χ0n) is 20.0. The number of imide groups is 1. The maximum absolute atomic E-state index is 12.9. The van der Waals surface area contributed by atoms with Crippen LogP contribution in [-0.2, 0) is 11.4 Å². The molecule has 0 bridgehead atoms. The summed E-state index contributed by atoms with van der Waals surface area (Å²) in [6.07, 6.45) is 1.55. The SMILES string of the molecule is COc1cc(/C=C2/SC(=O)N(CC(=O)c3ccc([N+](=O)[O-])cc3)C2=O)ccc1OCc1ccc(C)cc1. The Balaban J connectivity index is 1.44. The fourth-order valence-electron chi connectivity index (χ4n) is 3.53. The molecule has 0 aliphatic carbocycles. The Morgan fingerprint density at radius 3 is 2.38 bits per heavy atom. The smallest absolute Gasteiger partial charge is 0.293 e. The molecule has 3 aromatic carbocycles. The van der Waals surface area contributed by atoms with E-state index >= 15 is 0 Å². The zero-order chi connectivity index (χ0) is 26.5. The van der Waals surface area contributed by atoms with E-state index in [-0.39, 0.29) is 16.2 Å². The van der Waals surface area contributed by atoms with Crippen molar-refractivity contribution < 1.29 is 28.8 Å². The van der Waals surface area contributed by atoms with E-state index in [1.54, 1.807) is 24.3 Å². The highest BCUT2D eigenvalue weighted by molar-refractivity contribution is 8.18. The van der Waals surface area contributed by atoms with Gasteiger partial charge in [0.25, 0.3) is 16.8 Å². The quantitative estimate of drug-likeness (QED) is 0.160. The lowest BCUT2D eigenvalue weighted by Gasteiger charge is -2.12. The Labute approximate surface area is 216 Å². The Kier molecular flexibility index (Phi) is 7.69. The molecule has 37 heavy (non-hydrogen) atoms. The maximum atomic E-state index is 12.9. The number of ether oxygens (including phenoxy) is 2. The topological polar surface area (TPSA) is 116 Å². The molecule has 0 spiro atoms. The highest BCUT2D eigenvalue weighted by atomic mass is 32.2. The molecule has 1 aliphatic heterocycles. The van der Waals surface area contributed by atoms with Crippen molar-refractivity contribution in [3.63, 3.8) is 0 Å². The lowest BCUT2D eigenvalue weighted by atomic mass is 10.1. The van der Waals surface area contributed by atoms with Crippen LogP contribution in [0, 0.1) is 17.0 Å². The lowest BCUT2D eigenvalue weighted by Crippen LogP contribution is -2.33. The number of nitro groups is 1. The molecule has 1 saturated heterocycles. The van der Waals surface area contributed by atoms with Crippen LogP contribution in [-0.4, -0.2) is 40.4 Å². The molecule has 1 aliphatic rings. The number of rotatable bonds is 9. The van der Waals surface area contributed by atoms with E-state index in [4.69, 9.17) is 9.47 Å². The number of nitro benzene ring substituents is 1. The molecular formula is C27H22N2O7S. The second-order valence-electron chi connectivity index (χ2n) is 8.18. The fourth-order valence-corrected chi connectivity index (χ4v) is 4.37. The summed E-state index contributed by atoms with van der Waals surface area (Å²) < 4.78 is 11.3. The summed E-state index contributed by atoms with van der Waals surface area (Å²) in [7, 11) is 1.51. The second kappa shape index (κ2) is 11.1. The third-order valence-corrected chi connectivity index (χ3v) is 6.48. The van der Waals surface area contributed by atoms with Gasteiger partial charge in [-0.25, -0.2) is 0 Å². The maximum Gasteiger partial charge on any atom is 0.293 e. The van der Waals surface area contributed by atoms with Crippen molar-refractivity contribution in [2.45, 2.75) is 13.5 Å². The Hall–Kier alpha value is -4.44. The minimum Gasteiger partial charge on any atom is -0.493 e. The van der Waals surface area contributed by atoms with Crippen LogP contribution < -0.4 is 9.47 Å². The molecular weight excluding hydrogens is 496 g/mol. The number of Topliss-reactive ketones (excluding diaryl/α,β-unsaturated/α-hetero) is 1. The number of amides is 2. The number of benzene rings is 3. The zero-order valence-corrected chi connectivity index (χ0v) is 20.8. The summed E-state index contributed by atoms with van der Waals surface area (Å²) in [4.78, 5) is 49.1. The van der Waals surface area contributed by atoms with Crippen LogP contribution in [0.1, 0.15) is 27.0 Å². The number of hydrogen-bond acceptors (Lipinski definition) is 8. The first kappa shape index (κ1) is 25.6. The van der Waals surface area contributed by atoms with E-state index in [2.05, 4.69) is 0 Å². The summed E-state index contributed by atoms with van der Waals surface area (Å²) >= 11 is 0.731. The predicted octanol–water partition coefficient (Wildman–Crippen LogP) is 5.41. The van der Waals surface area contributed by atoms with Crippen LogP contribution >= 0.6 is 11.8 Å². The lowest BCUT2D eigenvalue weighted by molar-refractivity contribution is -0.384. The first-order valence-corrected chi connectivity index (χ1v) is 12.0. The molecule has 10 heteroatoms. The van der Waals surface area contributed by atoms with Crippen LogP contribution in [0.3, 0.4) is 0 Å². The van der Waals surface area contributed by atoms with E-state index in [0.717, 1.165) is 27.8 Å². The van der Waals surface area contributed by atoms with Crippen molar-refractivity contribution >= 4 is 40.5 Å². The summed E-state index contributed by atoms with van der Waals surface area (Å²) in [6.45, 7) is 1.91. The van der Waals surface area contributed by atoms with Gasteiger partial charge in [-0.15, -0.1) is 0 Å². The van der Waals surface area contributed by atoms with Gasteiger partial charge in [-0.05, 0) is 60.2 Å². The first-order chi connectivity index (χ1) is 17.7. The molecule has 4 rings (SSSR count). The average Bonchev–Trinajstić information content (AvgIpc) is 3.15. The fraction of sp³-hybridized carbons (Fsp3) is 0.148. The van der Waals surface area contributed by atoms with E-state index in [9.17, 15) is 24.5 Å². The molecule has 0 aromatic heterocycles. The van der Waals surface area contributed by atoms with Crippen LogP contribution in [0.15, 0.2) is 71.6 Å². The third-order valence-electron chi connectivity index (χ3n) is 5.58. The monoisotopic (exact) mass is 518 g/mol. The number of hydrogen-bond donors (Lipinski definition) is 0. The van der Waals surface area contributed by atoms with E-state index in [0.29, 0.717) is 23.7 Å². The Bertz CT molecular complexity index is 1400. The van der Waals surface area contributed by atoms with Crippen LogP contribution in [0.4, 0.5) is 10.5 Å². The third kappa shape index (κ3) is 6.04. The number of carbonyl (C=O) groups is 3. The summed E-state index contributed by atoms with van der Waals surface area (Å²) in [5, 5.41) is 10.2. The molecule has 1 fully saturated rings. The molecule has 9 nitrogen and oxygen atoms in total. The summed E-state index contributed by atoms with van der Waals surface area (Å²) in [5.41, 5.74) is 2.79. The van der Waals surface area contributed by atoms with Gasteiger partial charge in [-0.1, -0.05) is 35.9 Å². The van der Waals surface area contributed by atoms with Crippen molar-refractivity contribution in [2.24, 2.45) is 0 Å². The van der Waals surface area contributed by atoms with E-state index < -0.39 is 28.4 Å². The highest BCUT2D eigenvalue weighted by Gasteiger charge is 2.36. The molecule has 188 valence electrons. The highest BCUT2D eigenvalue weighted by Crippen LogP contribution is 2.35. The van der Waals surface area contributed by atoms with Gasteiger partial charge >= 0.3 is 0 Å². The van der Waals surface area contributed by atoms with Gasteiger partial charge in [0.1, 0.15) is 6.61 Å². The van der Waals surface area contributed by atoms with Crippen molar-refractivity contribution in [1.29, 1.82) is 0 Å². The molecule has 0 unspecified atom stereocenters. The van der Waals surface area contributed by atoms with E-state index in [1.165, 1.54) is 31.4 Å². The first-order valence-electron chi connectivity index (χ1n) is 11.1. The molecule has 0 atom stereocenters. The van der Waals surface area contributed by atoms with Crippen molar-refractivity contribution in [2.75, 3.05) is 13.7 Å².